The molecule has 0 fully saturated rings. The van der Waals surface area contributed by atoms with Crippen molar-refractivity contribution in [3.05, 3.63) is 86.9 Å². The molecule has 0 atom stereocenters. The molecule has 0 saturated carbocycles. The van der Waals surface area contributed by atoms with Crippen LogP contribution in [0, 0.1) is 10.1 Å². The van der Waals surface area contributed by atoms with Gasteiger partial charge in [0.15, 0.2) is 0 Å². The average molecular weight is 350 g/mol. The first kappa shape index (κ1) is 15.9. The molecule has 3 aromatic rings. The number of nitro benzene ring substituents is 1. The van der Waals surface area contributed by atoms with Crippen molar-refractivity contribution in [2.24, 2.45) is 0 Å². The van der Waals surface area contributed by atoms with E-state index >= 15 is 0 Å². The van der Waals surface area contributed by atoms with Crippen molar-refractivity contribution in [3.8, 4) is 22.3 Å². The predicted octanol–water partition coefficient (Wildman–Crippen LogP) is 6.22. The molecule has 3 aromatic carbocycles. The molecule has 1 aliphatic rings. The molecule has 1 aliphatic carbocycles. The Labute approximate surface area is 151 Å². The fourth-order valence-electron chi connectivity index (χ4n) is 3.86. The Hall–Kier alpha value is -2.65. The minimum Gasteiger partial charge on any atom is -0.258 e. The van der Waals surface area contributed by atoms with Gasteiger partial charge < -0.3 is 0 Å². The second-order valence-corrected chi connectivity index (χ2v) is 7.25. The van der Waals surface area contributed by atoms with Crippen molar-refractivity contribution >= 4 is 17.3 Å². The molecule has 0 unspecified atom stereocenters. The van der Waals surface area contributed by atoms with Crippen molar-refractivity contribution in [2.45, 2.75) is 19.3 Å². The first-order valence-electron chi connectivity index (χ1n) is 8.09. The number of nitro groups is 1. The molecule has 0 aromatic heterocycles. The monoisotopic (exact) mass is 349 g/mol. The summed E-state index contributed by atoms with van der Waals surface area (Å²) in [5.74, 6) is 0. The Morgan fingerprint density at radius 2 is 1.56 bits per heavy atom. The van der Waals surface area contributed by atoms with Gasteiger partial charge in [0.1, 0.15) is 0 Å². The highest BCUT2D eigenvalue weighted by Crippen LogP contribution is 2.52. The van der Waals surface area contributed by atoms with Gasteiger partial charge in [0.2, 0.25) is 0 Å². The SMILES string of the molecule is CC1(C)c2ccccc2-c2c(-c3ccc(Cl)cc3[N+](=O)[O-])cccc21. The zero-order chi connectivity index (χ0) is 17.8. The van der Waals surface area contributed by atoms with Crippen LogP contribution in [0.5, 0.6) is 0 Å². The second kappa shape index (κ2) is 5.43. The fourth-order valence-corrected chi connectivity index (χ4v) is 4.03. The topological polar surface area (TPSA) is 43.1 Å². The first-order chi connectivity index (χ1) is 11.9. The molecule has 4 rings (SSSR count). The predicted molar refractivity (Wildman–Crippen MR) is 101 cm³/mol. The van der Waals surface area contributed by atoms with E-state index in [2.05, 4.69) is 32.0 Å². The number of rotatable bonds is 2. The zero-order valence-electron chi connectivity index (χ0n) is 13.9. The molecule has 0 spiro atoms. The maximum atomic E-state index is 11.6. The van der Waals surface area contributed by atoms with Crippen molar-refractivity contribution in [2.75, 3.05) is 0 Å². The van der Waals surface area contributed by atoms with Gasteiger partial charge in [0.25, 0.3) is 5.69 Å². The number of fused-ring (bicyclic) bond motifs is 3. The number of halogens is 1. The molecular formula is C21H16ClNO2. The lowest BCUT2D eigenvalue weighted by molar-refractivity contribution is -0.384. The van der Waals surface area contributed by atoms with E-state index in [0.29, 0.717) is 10.6 Å². The molecule has 25 heavy (non-hydrogen) atoms. The molecule has 0 amide bonds. The van der Waals surface area contributed by atoms with Gasteiger partial charge in [0.05, 0.1) is 10.5 Å². The quantitative estimate of drug-likeness (QED) is 0.407. The van der Waals surface area contributed by atoms with E-state index < -0.39 is 0 Å². The fraction of sp³-hybridized carbons (Fsp3) is 0.143. The third-order valence-corrected chi connectivity index (χ3v) is 5.29. The maximum absolute atomic E-state index is 11.6. The van der Waals surface area contributed by atoms with E-state index in [4.69, 9.17) is 11.6 Å². The first-order valence-corrected chi connectivity index (χ1v) is 8.47. The van der Waals surface area contributed by atoms with Crippen LogP contribution in [-0.4, -0.2) is 4.92 Å². The Kier molecular flexibility index (Phi) is 3.44. The molecule has 124 valence electrons. The van der Waals surface area contributed by atoms with Crippen LogP contribution >= 0.6 is 11.6 Å². The lowest BCUT2D eigenvalue weighted by Crippen LogP contribution is -2.14. The average Bonchev–Trinajstić information content (AvgIpc) is 2.83. The molecular weight excluding hydrogens is 334 g/mol. The highest BCUT2D eigenvalue weighted by Gasteiger charge is 2.37. The normalized spacial score (nSPS) is 14.0. The maximum Gasteiger partial charge on any atom is 0.278 e. The summed E-state index contributed by atoms with van der Waals surface area (Å²) in [6, 6.07) is 19.2. The van der Waals surface area contributed by atoms with E-state index in [9.17, 15) is 10.1 Å². The Balaban J connectivity index is 2.08. The number of hydrogen-bond donors (Lipinski definition) is 0. The third-order valence-electron chi connectivity index (χ3n) is 5.05. The van der Waals surface area contributed by atoms with Crippen LogP contribution < -0.4 is 0 Å². The summed E-state index contributed by atoms with van der Waals surface area (Å²) >= 11 is 5.99. The van der Waals surface area contributed by atoms with Crippen molar-refractivity contribution in [1.82, 2.24) is 0 Å². The molecule has 0 heterocycles. The van der Waals surface area contributed by atoms with E-state index in [-0.39, 0.29) is 16.0 Å². The summed E-state index contributed by atoms with van der Waals surface area (Å²) in [7, 11) is 0. The van der Waals surface area contributed by atoms with Crippen LogP contribution in [0.15, 0.2) is 60.7 Å². The zero-order valence-corrected chi connectivity index (χ0v) is 14.7. The summed E-state index contributed by atoms with van der Waals surface area (Å²) in [5.41, 5.74) is 6.02. The van der Waals surface area contributed by atoms with E-state index in [0.717, 1.165) is 16.7 Å². The number of nitrogens with zero attached hydrogens (tertiary/aromatic N) is 1. The number of hydrogen-bond acceptors (Lipinski definition) is 2. The van der Waals surface area contributed by atoms with Gasteiger partial charge in [-0.05, 0) is 39.9 Å². The summed E-state index contributed by atoms with van der Waals surface area (Å²) in [4.78, 5) is 11.2. The summed E-state index contributed by atoms with van der Waals surface area (Å²) in [5, 5.41) is 11.9. The second-order valence-electron chi connectivity index (χ2n) is 6.82. The third kappa shape index (κ3) is 2.27. The van der Waals surface area contributed by atoms with Crippen molar-refractivity contribution in [3.63, 3.8) is 0 Å². The van der Waals surface area contributed by atoms with E-state index in [1.165, 1.54) is 17.2 Å². The Morgan fingerprint density at radius 3 is 2.32 bits per heavy atom. The molecule has 0 bridgehead atoms. The van der Waals surface area contributed by atoms with Crippen LogP contribution in [0.4, 0.5) is 5.69 Å². The largest absolute Gasteiger partial charge is 0.278 e. The molecule has 0 N–H and O–H groups in total. The van der Waals surface area contributed by atoms with Crippen LogP contribution in [0.25, 0.3) is 22.3 Å². The molecule has 4 heteroatoms. The van der Waals surface area contributed by atoms with Gasteiger partial charge in [-0.3, -0.25) is 10.1 Å². The minimum absolute atomic E-state index is 0.0306. The van der Waals surface area contributed by atoms with Gasteiger partial charge in [-0.2, -0.15) is 0 Å². The van der Waals surface area contributed by atoms with Crippen molar-refractivity contribution < 1.29 is 4.92 Å². The minimum atomic E-state index is -0.368. The van der Waals surface area contributed by atoms with Gasteiger partial charge in [0, 0.05) is 16.5 Å². The van der Waals surface area contributed by atoms with Crippen LogP contribution in [0.1, 0.15) is 25.0 Å². The van der Waals surface area contributed by atoms with Crippen LogP contribution in [-0.2, 0) is 5.41 Å². The Morgan fingerprint density at radius 1 is 0.880 bits per heavy atom. The van der Waals surface area contributed by atoms with Crippen LogP contribution in [0.3, 0.4) is 0 Å². The van der Waals surface area contributed by atoms with Crippen LogP contribution in [0.2, 0.25) is 5.02 Å². The molecule has 0 aliphatic heterocycles. The highest BCUT2D eigenvalue weighted by atomic mass is 35.5. The Bertz CT molecular complexity index is 1020. The smallest absolute Gasteiger partial charge is 0.258 e. The molecule has 0 saturated heterocycles. The van der Waals surface area contributed by atoms with Gasteiger partial charge in [-0.25, -0.2) is 0 Å². The van der Waals surface area contributed by atoms with Gasteiger partial charge in [-0.1, -0.05) is 67.9 Å². The van der Waals surface area contributed by atoms with E-state index in [1.807, 2.05) is 24.3 Å². The summed E-state index contributed by atoms with van der Waals surface area (Å²) in [6.45, 7) is 4.38. The van der Waals surface area contributed by atoms with Crippen molar-refractivity contribution in [1.29, 1.82) is 0 Å². The van der Waals surface area contributed by atoms with Gasteiger partial charge >= 0.3 is 0 Å². The number of benzene rings is 3. The van der Waals surface area contributed by atoms with Gasteiger partial charge in [-0.15, -0.1) is 0 Å². The molecule has 0 radical (unpaired) electrons. The lowest BCUT2D eigenvalue weighted by Gasteiger charge is -2.21. The highest BCUT2D eigenvalue weighted by molar-refractivity contribution is 6.31. The molecule has 3 nitrogen and oxygen atoms in total. The van der Waals surface area contributed by atoms with E-state index in [1.54, 1.807) is 12.1 Å². The summed E-state index contributed by atoms with van der Waals surface area (Å²) < 4.78 is 0. The standard InChI is InChI=1S/C21H16ClNO2/c1-21(2)17-8-4-3-6-16(17)20-15(7-5-9-18(20)21)14-11-10-13(22)12-19(14)23(24)25/h3-12H,1-2H3. The summed E-state index contributed by atoms with van der Waals surface area (Å²) in [6.07, 6.45) is 0. The lowest BCUT2D eigenvalue weighted by atomic mass is 9.82.